The summed E-state index contributed by atoms with van der Waals surface area (Å²) in [4.78, 5) is 27.2. The minimum atomic E-state index is -0.296. The van der Waals surface area contributed by atoms with E-state index >= 15 is 0 Å². The molecule has 4 rings (SSSR count). The fourth-order valence-corrected chi connectivity index (χ4v) is 4.96. The number of benzene rings is 2. The van der Waals surface area contributed by atoms with Gasteiger partial charge in [0.25, 0.3) is 11.1 Å². The maximum absolute atomic E-state index is 13.0. The maximum Gasteiger partial charge on any atom is 0.293 e. The number of para-hydroxylation sites is 2. The molecule has 1 fully saturated rings. The van der Waals surface area contributed by atoms with E-state index < -0.39 is 0 Å². The Morgan fingerprint density at radius 1 is 0.971 bits per heavy atom. The van der Waals surface area contributed by atoms with Gasteiger partial charge in [-0.2, -0.15) is 0 Å². The van der Waals surface area contributed by atoms with Gasteiger partial charge in [-0.1, -0.05) is 24.3 Å². The average Bonchev–Trinajstić information content (AvgIpc) is 3.25. The fraction of sp³-hybridized carbons (Fsp3) is 0.259. The van der Waals surface area contributed by atoms with Crippen molar-refractivity contribution in [3.8, 4) is 17.2 Å². The van der Waals surface area contributed by atoms with E-state index in [1.165, 1.54) is 16.0 Å². The van der Waals surface area contributed by atoms with Gasteiger partial charge in [0.15, 0.2) is 11.5 Å². The molecule has 176 valence electrons. The van der Waals surface area contributed by atoms with Gasteiger partial charge in [0.05, 0.1) is 18.6 Å². The zero-order chi connectivity index (χ0) is 24.4. The molecule has 1 aliphatic heterocycles. The van der Waals surface area contributed by atoms with Gasteiger partial charge in [-0.3, -0.25) is 14.5 Å². The number of rotatable bonds is 7. The van der Waals surface area contributed by atoms with Gasteiger partial charge in [0, 0.05) is 17.1 Å². The number of methoxy groups -OCH3 is 1. The number of nitrogens with zero attached hydrogens (tertiary/aromatic N) is 2. The molecule has 0 saturated carbocycles. The molecule has 2 heterocycles. The summed E-state index contributed by atoms with van der Waals surface area (Å²) in [5.41, 5.74) is 6.58. The first kappa shape index (κ1) is 23.7. The predicted molar refractivity (Wildman–Crippen MR) is 136 cm³/mol. The van der Waals surface area contributed by atoms with Crippen LogP contribution in [0.3, 0.4) is 0 Å². The Hall–Kier alpha value is -3.45. The average molecular weight is 477 g/mol. The number of hydrogen-bond donors (Lipinski definition) is 0. The number of carbonyl (C=O) groups excluding carboxylic acids is 2. The van der Waals surface area contributed by atoms with E-state index in [1.54, 1.807) is 19.2 Å². The topological polar surface area (TPSA) is 60.8 Å². The van der Waals surface area contributed by atoms with Crippen molar-refractivity contribution in [1.29, 1.82) is 0 Å². The SMILES string of the molecule is COc1ccccc1OCCN1C(=O)S/C(=C\c2cc(C)n(-c3cccc(C)c3C)c2C)C1=O. The molecule has 0 N–H and O–H groups in total. The van der Waals surface area contributed by atoms with Crippen molar-refractivity contribution < 1.29 is 19.1 Å². The van der Waals surface area contributed by atoms with E-state index in [9.17, 15) is 9.59 Å². The van der Waals surface area contributed by atoms with Crippen molar-refractivity contribution in [2.24, 2.45) is 0 Å². The van der Waals surface area contributed by atoms with Crippen LogP contribution in [-0.4, -0.2) is 40.9 Å². The molecule has 34 heavy (non-hydrogen) atoms. The monoisotopic (exact) mass is 476 g/mol. The third-order valence-corrected chi connectivity index (χ3v) is 7.00. The Morgan fingerprint density at radius 2 is 1.71 bits per heavy atom. The number of amides is 2. The van der Waals surface area contributed by atoms with Crippen molar-refractivity contribution in [3.05, 3.63) is 81.5 Å². The lowest BCUT2D eigenvalue weighted by Gasteiger charge is -2.15. The first-order chi connectivity index (χ1) is 16.3. The summed E-state index contributed by atoms with van der Waals surface area (Å²) in [7, 11) is 1.57. The molecule has 1 aliphatic rings. The number of ether oxygens (including phenoxy) is 2. The van der Waals surface area contributed by atoms with Gasteiger partial charge in [-0.25, -0.2) is 0 Å². The van der Waals surface area contributed by atoms with Crippen LogP contribution in [0.5, 0.6) is 11.5 Å². The van der Waals surface area contributed by atoms with Crippen LogP contribution in [0.25, 0.3) is 11.8 Å². The normalized spacial score (nSPS) is 14.9. The van der Waals surface area contributed by atoms with Crippen LogP contribution in [0.2, 0.25) is 0 Å². The van der Waals surface area contributed by atoms with Crippen LogP contribution in [0.15, 0.2) is 53.4 Å². The number of thioether (sulfide) groups is 1. The van der Waals surface area contributed by atoms with Crippen LogP contribution >= 0.6 is 11.8 Å². The first-order valence-electron chi connectivity index (χ1n) is 11.1. The fourth-order valence-electron chi connectivity index (χ4n) is 4.10. The lowest BCUT2D eigenvalue weighted by atomic mass is 10.1. The Bertz CT molecular complexity index is 1290. The van der Waals surface area contributed by atoms with E-state index in [0.717, 1.165) is 34.4 Å². The molecule has 1 aromatic heterocycles. The number of hydrogen-bond acceptors (Lipinski definition) is 5. The summed E-state index contributed by atoms with van der Waals surface area (Å²) in [6, 6.07) is 15.6. The molecule has 0 unspecified atom stereocenters. The van der Waals surface area contributed by atoms with Gasteiger partial charge in [-0.15, -0.1) is 0 Å². The van der Waals surface area contributed by atoms with E-state index in [0.29, 0.717) is 16.4 Å². The van der Waals surface area contributed by atoms with E-state index in [4.69, 9.17) is 9.47 Å². The molecule has 0 bridgehead atoms. The van der Waals surface area contributed by atoms with Crippen molar-refractivity contribution >= 4 is 29.0 Å². The van der Waals surface area contributed by atoms with E-state index in [1.807, 2.05) is 32.1 Å². The summed E-state index contributed by atoms with van der Waals surface area (Å²) < 4.78 is 13.2. The third-order valence-electron chi connectivity index (χ3n) is 6.09. The quantitative estimate of drug-likeness (QED) is 0.401. The highest BCUT2D eigenvalue weighted by molar-refractivity contribution is 8.18. The molecular weight excluding hydrogens is 448 g/mol. The molecule has 6 nitrogen and oxygen atoms in total. The predicted octanol–water partition coefficient (Wildman–Crippen LogP) is 5.83. The summed E-state index contributed by atoms with van der Waals surface area (Å²) in [5.74, 6) is 0.886. The summed E-state index contributed by atoms with van der Waals surface area (Å²) in [6.07, 6.45) is 1.82. The highest BCUT2D eigenvalue weighted by atomic mass is 32.2. The Kier molecular flexibility index (Phi) is 6.84. The number of carbonyl (C=O) groups is 2. The van der Waals surface area contributed by atoms with Gasteiger partial charge in [-0.05, 0) is 86.5 Å². The van der Waals surface area contributed by atoms with Crippen molar-refractivity contribution in [1.82, 2.24) is 9.47 Å². The summed E-state index contributed by atoms with van der Waals surface area (Å²) >= 11 is 0.965. The number of imide groups is 1. The Morgan fingerprint density at radius 3 is 2.44 bits per heavy atom. The number of aryl methyl sites for hydroxylation is 2. The van der Waals surface area contributed by atoms with Crippen LogP contribution in [0.1, 0.15) is 28.1 Å². The molecule has 7 heteroatoms. The summed E-state index contributed by atoms with van der Waals surface area (Å²) in [6.45, 7) is 8.65. The molecule has 0 radical (unpaired) electrons. The van der Waals surface area contributed by atoms with E-state index in [2.05, 4.69) is 42.7 Å². The Balaban J connectivity index is 1.52. The molecular formula is C27H28N2O4S. The van der Waals surface area contributed by atoms with Gasteiger partial charge in [0.1, 0.15) is 6.61 Å². The second-order valence-electron chi connectivity index (χ2n) is 8.21. The van der Waals surface area contributed by atoms with Gasteiger partial charge in [0.2, 0.25) is 0 Å². The minimum absolute atomic E-state index is 0.168. The number of aromatic nitrogens is 1. The van der Waals surface area contributed by atoms with Crippen LogP contribution < -0.4 is 9.47 Å². The lowest BCUT2D eigenvalue weighted by molar-refractivity contribution is -0.123. The van der Waals surface area contributed by atoms with Gasteiger partial charge < -0.3 is 14.0 Å². The molecule has 2 amide bonds. The smallest absolute Gasteiger partial charge is 0.293 e. The highest BCUT2D eigenvalue weighted by Crippen LogP contribution is 2.34. The lowest BCUT2D eigenvalue weighted by Crippen LogP contribution is -2.32. The zero-order valence-electron chi connectivity index (χ0n) is 20.0. The first-order valence-corrected chi connectivity index (χ1v) is 11.9. The van der Waals surface area contributed by atoms with Crippen LogP contribution in [0.4, 0.5) is 4.79 Å². The zero-order valence-corrected chi connectivity index (χ0v) is 20.9. The van der Waals surface area contributed by atoms with Crippen molar-refractivity contribution in [2.45, 2.75) is 27.7 Å². The maximum atomic E-state index is 13.0. The van der Waals surface area contributed by atoms with Crippen LogP contribution in [0, 0.1) is 27.7 Å². The van der Waals surface area contributed by atoms with E-state index in [-0.39, 0.29) is 24.3 Å². The Labute approximate surface area is 204 Å². The third kappa shape index (κ3) is 4.48. The molecule has 0 spiro atoms. The van der Waals surface area contributed by atoms with Crippen LogP contribution in [-0.2, 0) is 4.79 Å². The van der Waals surface area contributed by atoms with Crippen molar-refractivity contribution in [2.75, 3.05) is 20.3 Å². The second-order valence-corrected chi connectivity index (χ2v) is 9.21. The molecule has 1 saturated heterocycles. The second kappa shape index (κ2) is 9.81. The summed E-state index contributed by atoms with van der Waals surface area (Å²) in [5, 5.41) is -0.289. The molecule has 2 aromatic carbocycles. The molecule has 3 aromatic rings. The minimum Gasteiger partial charge on any atom is -0.493 e. The standard InChI is InChI=1S/C27H28N2O4S/c1-17-9-8-10-22(19(17)3)29-18(2)15-21(20(29)4)16-25-26(30)28(27(31)34-25)13-14-33-24-12-7-6-11-23(24)32-5/h6-12,15-16H,13-14H2,1-5H3/b25-16-. The largest absolute Gasteiger partial charge is 0.493 e. The van der Waals surface area contributed by atoms with Crippen molar-refractivity contribution in [3.63, 3.8) is 0 Å². The molecule has 0 atom stereocenters. The highest BCUT2D eigenvalue weighted by Gasteiger charge is 2.35. The van der Waals surface area contributed by atoms with Gasteiger partial charge >= 0.3 is 0 Å². The molecule has 0 aliphatic carbocycles.